The summed E-state index contributed by atoms with van der Waals surface area (Å²) in [7, 11) is 0. The predicted octanol–water partition coefficient (Wildman–Crippen LogP) is 3.27. The molecule has 3 nitrogen and oxygen atoms in total. The van der Waals surface area contributed by atoms with E-state index >= 15 is 0 Å². The second-order valence-electron chi connectivity index (χ2n) is 4.77. The molecule has 1 saturated heterocycles. The molecule has 1 heterocycles. The van der Waals surface area contributed by atoms with Gasteiger partial charge in [0.15, 0.2) is 0 Å². The third-order valence-electron chi connectivity index (χ3n) is 3.29. The summed E-state index contributed by atoms with van der Waals surface area (Å²) in [6.45, 7) is 4.31. The van der Waals surface area contributed by atoms with E-state index < -0.39 is 6.36 Å². The van der Waals surface area contributed by atoms with Crippen LogP contribution in [0.5, 0.6) is 5.75 Å². The molecule has 0 aromatic heterocycles. The standard InChI is InChI=1S/C14H18F3NO2/c1-2-18-9-11-6-7-19-13(11)10-4-3-5-12(8-10)20-14(15,16)17/h3-5,8,11,13,18H,2,6-7,9H2,1H3. The van der Waals surface area contributed by atoms with E-state index in [9.17, 15) is 13.2 Å². The highest BCUT2D eigenvalue weighted by Crippen LogP contribution is 2.36. The Morgan fingerprint density at radius 1 is 1.40 bits per heavy atom. The second kappa shape index (κ2) is 6.45. The number of rotatable bonds is 5. The molecule has 1 N–H and O–H groups in total. The third kappa shape index (κ3) is 4.11. The Hall–Kier alpha value is -1.27. The molecule has 2 atom stereocenters. The molecule has 0 radical (unpaired) electrons. The van der Waals surface area contributed by atoms with Crippen LogP contribution in [-0.4, -0.2) is 26.1 Å². The van der Waals surface area contributed by atoms with Gasteiger partial charge in [0, 0.05) is 19.1 Å². The van der Waals surface area contributed by atoms with Gasteiger partial charge in [-0.15, -0.1) is 13.2 Å². The molecule has 112 valence electrons. The van der Waals surface area contributed by atoms with Gasteiger partial charge in [0.05, 0.1) is 6.10 Å². The molecular formula is C14H18F3NO2. The van der Waals surface area contributed by atoms with Crippen LogP contribution in [0.4, 0.5) is 13.2 Å². The summed E-state index contributed by atoms with van der Waals surface area (Å²) >= 11 is 0. The molecule has 0 bridgehead atoms. The third-order valence-corrected chi connectivity index (χ3v) is 3.29. The summed E-state index contributed by atoms with van der Waals surface area (Å²) in [4.78, 5) is 0. The quantitative estimate of drug-likeness (QED) is 0.902. The fourth-order valence-electron chi connectivity index (χ4n) is 2.43. The summed E-state index contributed by atoms with van der Waals surface area (Å²) in [6, 6.07) is 6.04. The molecule has 1 aromatic rings. The minimum absolute atomic E-state index is 0.175. The van der Waals surface area contributed by atoms with Crippen molar-refractivity contribution in [2.24, 2.45) is 5.92 Å². The molecule has 0 aliphatic carbocycles. The van der Waals surface area contributed by atoms with E-state index in [1.54, 1.807) is 12.1 Å². The summed E-state index contributed by atoms with van der Waals surface area (Å²) in [6.07, 6.45) is -3.94. The molecule has 20 heavy (non-hydrogen) atoms. The lowest BCUT2D eigenvalue weighted by atomic mass is 9.95. The van der Waals surface area contributed by atoms with Crippen LogP contribution in [0.2, 0.25) is 0 Å². The van der Waals surface area contributed by atoms with Crippen molar-refractivity contribution < 1.29 is 22.6 Å². The summed E-state index contributed by atoms with van der Waals surface area (Å²) in [5, 5.41) is 3.25. The van der Waals surface area contributed by atoms with Gasteiger partial charge in [-0.25, -0.2) is 0 Å². The summed E-state index contributed by atoms with van der Waals surface area (Å²) in [5.41, 5.74) is 0.729. The Bertz CT molecular complexity index is 437. The van der Waals surface area contributed by atoms with E-state index in [0.717, 1.165) is 25.1 Å². The van der Waals surface area contributed by atoms with Crippen molar-refractivity contribution in [1.82, 2.24) is 5.32 Å². The molecule has 0 amide bonds. The van der Waals surface area contributed by atoms with Crippen molar-refractivity contribution in [3.8, 4) is 5.75 Å². The van der Waals surface area contributed by atoms with Crippen LogP contribution in [0, 0.1) is 5.92 Å². The van der Waals surface area contributed by atoms with Crippen LogP contribution in [-0.2, 0) is 4.74 Å². The first-order valence-electron chi connectivity index (χ1n) is 6.67. The fourth-order valence-corrected chi connectivity index (χ4v) is 2.43. The van der Waals surface area contributed by atoms with Gasteiger partial charge in [-0.2, -0.15) is 0 Å². The van der Waals surface area contributed by atoms with E-state index in [1.165, 1.54) is 12.1 Å². The zero-order valence-corrected chi connectivity index (χ0v) is 11.2. The fraction of sp³-hybridized carbons (Fsp3) is 0.571. The number of alkyl halides is 3. The smallest absolute Gasteiger partial charge is 0.406 e. The van der Waals surface area contributed by atoms with Gasteiger partial charge in [0.1, 0.15) is 5.75 Å². The predicted molar refractivity (Wildman–Crippen MR) is 68.5 cm³/mol. The maximum absolute atomic E-state index is 12.2. The van der Waals surface area contributed by atoms with Crippen LogP contribution < -0.4 is 10.1 Å². The summed E-state index contributed by atoms with van der Waals surface area (Å²) in [5.74, 6) is 0.0730. The molecule has 1 aromatic carbocycles. The Labute approximate surface area is 116 Å². The average molecular weight is 289 g/mol. The minimum atomic E-state index is -4.67. The highest BCUT2D eigenvalue weighted by Gasteiger charge is 2.33. The van der Waals surface area contributed by atoms with Crippen LogP contribution in [0.3, 0.4) is 0 Å². The minimum Gasteiger partial charge on any atom is -0.406 e. The van der Waals surface area contributed by atoms with Gasteiger partial charge in [-0.3, -0.25) is 0 Å². The lowest BCUT2D eigenvalue weighted by Gasteiger charge is -2.20. The van der Waals surface area contributed by atoms with Crippen molar-refractivity contribution in [3.63, 3.8) is 0 Å². The molecule has 1 aliphatic heterocycles. The highest BCUT2D eigenvalue weighted by molar-refractivity contribution is 5.31. The lowest BCUT2D eigenvalue weighted by Crippen LogP contribution is -2.24. The normalized spacial score (nSPS) is 23.0. The van der Waals surface area contributed by atoms with Crippen molar-refractivity contribution in [1.29, 1.82) is 0 Å². The maximum Gasteiger partial charge on any atom is 0.573 e. The van der Waals surface area contributed by atoms with Crippen molar-refractivity contribution in [2.45, 2.75) is 25.8 Å². The first-order valence-corrected chi connectivity index (χ1v) is 6.67. The number of nitrogens with one attached hydrogen (secondary N) is 1. The monoisotopic (exact) mass is 289 g/mol. The average Bonchev–Trinajstić information content (AvgIpc) is 2.83. The second-order valence-corrected chi connectivity index (χ2v) is 4.77. The van der Waals surface area contributed by atoms with Crippen molar-refractivity contribution >= 4 is 0 Å². The van der Waals surface area contributed by atoms with Gasteiger partial charge < -0.3 is 14.8 Å². The van der Waals surface area contributed by atoms with Gasteiger partial charge in [-0.1, -0.05) is 19.1 Å². The molecular weight excluding hydrogens is 271 g/mol. The van der Waals surface area contributed by atoms with E-state index in [0.29, 0.717) is 6.61 Å². The van der Waals surface area contributed by atoms with Gasteiger partial charge in [0.2, 0.25) is 0 Å². The van der Waals surface area contributed by atoms with Crippen LogP contribution in [0.25, 0.3) is 0 Å². The van der Waals surface area contributed by atoms with E-state index in [2.05, 4.69) is 10.1 Å². The van der Waals surface area contributed by atoms with Crippen molar-refractivity contribution in [3.05, 3.63) is 29.8 Å². The largest absolute Gasteiger partial charge is 0.573 e. The molecule has 1 fully saturated rings. The Morgan fingerprint density at radius 2 is 2.20 bits per heavy atom. The molecule has 2 rings (SSSR count). The first-order chi connectivity index (χ1) is 9.49. The maximum atomic E-state index is 12.2. The van der Waals surface area contributed by atoms with E-state index in [4.69, 9.17) is 4.74 Å². The molecule has 1 aliphatic rings. The zero-order chi connectivity index (χ0) is 14.6. The number of hydrogen-bond acceptors (Lipinski definition) is 3. The van der Waals surface area contributed by atoms with Gasteiger partial charge >= 0.3 is 6.36 Å². The first kappa shape index (κ1) is 15.1. The summed E-state index contributed by atoms with van der Waals surface area (Å²) < 4.78 is 46.3. The molecule has 6 heteroatoms. The lowest BCUT2D eigenvalue weighted by molar-refractivity contribution is -0.274. The molecule has 0 spiro atoms. The molecule has 2 unspecified atom stereocenters. The number of hydrogen-bond donors (Lipinski definition) is 1. The highest BCUT2D eigenvalue weighted by atomic mass is 19.4. The Morgan fingerprint density at radius 3 is 2.90 bits per heavy atom. The molecule has 0 saturated carbocycles. The van der Waals surface area contributed by atoms with Gasteiger partial charge in [0.25, 0.3) is 0 Å². The number of ether oxygens (including phenoxy) is 2. The van der Waals surface area contributed by atoms with Crippen LogP contribution in [0.1, 0.15) is 25.0 Å². The van der Waals surface area contributed by atoms with Gasteiger partial charge in [-0.05, 0) is 30.7 Å². The van der Waals surface area contributed by atoms with Crippen molar-refractivity contribution in [2.75, 3.05) is 19.7 Å². The van der Waals surface area contributed by atoms with Crippen LogP contribution >= 0.6 is 0 Å². The Balaban J connectivity index is 2.09. The van der Waals surface area contributed by atoms with E-state index in [1.807, 2.05) is 6.92 Å². The topological polar surface area (TPSA) is 30.5 Å². The SMILES string of the molecule is CCNCC1CCOC1c1cccc(OC(F)(F)F)c1. The van der Waals surface area contributed by atoms with E-state index in [-0.39, 0.29) is 17.8 Å². The number of benzene rings is 1. The zero-order valence-electron chi connectivity index (χ0n) is 11.2. The Kier molecular flexibility index (Phi) is 4.88. The van der Waals surface area contributed by atoms with Crippen LogP contribution in [0.15, 0.2) is 24.3 Å². The number of halogens is 3.